The molecule has 2 rings (SSSR count). The molecule has 0 N–H and O–H groups in total. The van der Waals surface area contributed by atoms with Crippen LogP contribution >= 0.6 is 11.8 Å². The molecule has 0 aliphatic rings. The quantitative estimate of drug-likeness (QED) is 0.586. The lowest BCUT2D eigenvalue weighted by molar-refractivity contribution is 0.803. The maximum absolute atomic E-state index is 12.0. The number of fused-ring (bicyclic) bond motifs is 1. The number of benzene rings is 1. The van der Waals surface area contributed by atoms with E-state index in [0.717, 1.165) is 16.0 Å². The van der Waals surface area contributed by atoms with E-state index in [1.54, 1.807) is 24.0 Å². The van der Waals surface area contributed by atoms with Crippen LogP contribution in [0, 0.1) is 12.3 Å². The van der Waals surface area contributed by atoms with E-state index in [4.69, 9.17) is 6.42 Å². The van der Waals surface area contributed by atoms with E-state index in [-0.39, 0.29) is 10.2 Å². The molecule has 2 nitrogen and oxygen atoms in total. The van der Waals surface area contributed by atoms with Crippen molar-refractivity contribution >= 4 is 22.7 Å². The molecule has 1 aromatic carbocycles. The van der Waals surface area contributed by atoms with Crippen LogP contribution in [0.1, 0.15) is 26.3 Å². The monoisotopic (exact) mass is 271 g/mol. The first-order chi connectivity index (χ1) is 8.81. The SMILES string of the molecule is C#Cc1cc(SC(C)(C)C)cc2c(=O)ccn(C)c12. The molecule has 0 saturated heterocycles. The molecule has 1 aromatic heterocycles. The molecule has 0 spiro atoms. The fraction of sp³-hybridized carbons (Fsp3) is 0.312. The van der Waals surface area contributed by atoms with Crippen molar-refractivity contribution in [2.24, 2.45) is 7.05 Å². The van der Waals surface area contributed by atoms with Gasteiger partial charge in [0.25, 0.3) is 0 Å². The van der Waals surface area contributed by atoms with Gasteiger partial charge < -0.3 is 4.57 Å². The summed E-state index contributed by atoms with van der Waals surface area (Å²) >= 11 is 1.72. The highest BCUT2D eigenvalue weighted by Gasteiger charge is 2.15. The highest BCUT2D eigenvalue weighted by molar-refractivity contribution is 8.00. The molecule has 2 aromatic rings. The highest BCUT2D eigenvalue weighted by Crippen LogP contribution is 2.34. The fourth-order valence-electron chi connectivity index (χ4n) is 2.04. The van der Waals surface area contributed by atoms with Gasteiger partial charge in [0.1, 0.15) is 0 Å². The Kier molecular flexibility index (Phi) is 3.47. The van der Waals surface area contributed by atoms with Crippen molar-refractivity contribution < 1.29 is 0 Å². The minimum Gasteiger partial charge on any atom is -0.349 e. The number of nitrogens with zero attached hydrogens (tertiary/aromatic N) is 1. The molecule has 0 amide bonds. The van der Waals surface area contributed by atoms with Gasteiger partial charge in [-0.15, -0.1) is 18.2 Å². The van der Waals surface area contributed by atoms with Crippen LogP contribution in [-0.2, 0) is 7.05 Å². The standard InChI is InChI=1S/C16H17NOS/c1-6-11-9-12(19-16(2,3)4)10-13-14(18)7-8-17(5)15(11)13/h1,7-10H,2-5H3. The third kappa shape index (κ3) is 2.85. The van der Waals surface area contributed by atoms with E-state index >= 15 is 0 Å². The zero-order chi connectivity index (χ0) is 14.2. The van der Waals surface area contributed by atoms with Gasteiger partial charge in [0, 0.05) is 39.9 Å². The average Bonchev–Trinajstić information content (AvgIpc) is 2.31. The summed E-state index contributed by atoms with van der Waals surface area (Å²) in [5.41, 5.74) is 1.61. The zero-order valence-corrected chi connectivity index (χ0v) is 12.5. The van der Waals surface area contributed by atoms with Crippen LogP contribution in [0.3, 0.4) is 0 Å². The number of hydrogen-bond donors (Lipinski definition) is 0. The molecule has 98 valence electrons. The van der Waals surface area contributed by atoms with Gasteiger partial charge in [-0.1, -0.05) is 26.7 Å². The lowest BCUT2D eigenvalue weighted by Gasteiger charge is -2.18. The van der Waals surface area contributed by atoms with Gasteiger partial charge in [0.2, 0.25) is 0 Å². The molecular formula is C16H17NOS. The van der Waals surface area contributed by atoms with Crippen LogP contribution < -0.4 is 5.43 Å². The largest absolute Gasteiger partial charge is 0.349 e. The van der Waals surface area contributed by atoms with Gasteiger partial charge in [-0.25, -0.2) is 0 Å². The van der Waals surface area contributed by atoms with E-state index in [0.29, 0.717) is 5.39 Å². The number of thioether (sulfide) groups is 1. The van der Waals surface area contributed by atoms with Crippen molar-refractivity contribution in [3.63, 3.8) is 0 Å². The summed E-state index contributed by atoms with van der Waals surface area (Å²) in [6.07, 6.45) is 7.34. The summed E-state index contributed by atoms with van der Waals surface area (Å²) < 4.78 is 1.98. The average molecular weight is 271 g/mol. The van der Waals surface area contributed by atoms with Gasteiger partial charge in [-0.3, -0.25) is 4.79 Å². The number of aromatic nitrogens is 1. The van der Waals surface area contributed by atoms with E-state index in [1.165, 1.54) is 0 Å². The molecule has 0 saturated carbocycles. The molecule has 1 heterocycles. The molecule has 0 aliphatic carbocycles. The Hall–Kier alpha value is -1.66. The van der Waals surface area contributed by atoms with Crippen molar-refractivity contribution in [3.05, 3.63) is 40.2 Å². The van der Waals surface area contributed by atoms with E-state index in [1.807, 2.05) is 23.7 Å². The summed E-state index contributed by atoms with van der Waals surface area (Å²) in [5, 5.41) is 0.687. The molecule has 0 atom stereocenters. The van der Waals surface area contributed by atoms with E-state index < -0.39 is 0 Å². The van der Waals surface area contributed by atoms with Crippen molar-refractivity contribution in [1.29, 1.82) is 0 Å². The number of pyridine rings is 1. The van der Waals surface area contributed by atoms with Gasteiger partial charge >= 0.3 is 0 Å². The van der Waals surface area contributed by atoms with Crippen LogP contribution in [0.5, 0.6) is 0 Å². The first-order valence-corrected chi connectivity index (χ1v) is 6.92. The van der Waals surface area contributed by atoms with Crippen molar-refractivity contribution in [2.75, 3.05) is 0 Å². The van der Waals surface area contributed by atoms with Crippen molar-refractivity contribution in [1.82, 2.24) is 4.57 Å². The first kappa shape index (κ1) is 13.8. The second kappa shape index (κ2) is 4.79. The molecule has 0 fully saturated rings. The Bertz CT molecular complexity index is 729. The second-order valence-corrected chi connectivity index (χ2v) is 7.42. The Morgan fingerprint density at radius 1 is 1.32 bits per heavy atom. The normalized spacial score (nSPS) is 11.5. The highest BCUT2D eigenvalue weighted by atomic mass is 32.2. The lowest BCUT2D eigenvalue weighted by Crippen LogP contribution is -2.09. The molecule has 0 bridgehead atoms. The molecule has 0 unspecified atom stereocenters. The summed E-state index contributed by atoms with van der Waals surface area (Å²) in [6.45, 7) is 6.42. The maximum atomic E-state index is 12.0. The van der Waals surface area contributed by atoms with Crippen LogP contribution in [0.4, 0.5) is 0 Å². The number of rotatable bonds is 1. The van der Waals surface area contributed by atoms with Gasteiger partial charge in [0.15, 0.2) is 5.43 Å². The van der Waals surface area contributed by atoms with Crippen LogP contribution in [0.15, 0.2) is 34.1 Å². The number of aryl methyl sites for hydroxylation is 1. The lowest BCUT2D eigenvalue weighted by atomic mass is 10.1. The summed E-state index contributed by atoms with van der Waals surface area (Å²) in [7, 11) is 1.90. The first-order valence-electron chi connectivity index (χ1n) is 6.11. The smallest absolute Gasteiger partial charge is 0.189 e. The van der Waals surface area contributed by atoms with Gasteiger partial charge in [0.05, 0.1) is 5.52 Å². The summed E-state index contributed by atoms with van der Waals surface area (Å²) in [6, 6.07) is 5.50. The topological polar surface area (TPSA) is 22.0 Å². The third-order valence-corrected chi connectivity index (χ3v) is 3.81. The predicted molar refractivity (Wildman–Crippen MR) is 82.7 cm³/mol. The summed E-state index contributed by atoms with van der Waals surface area (Å²) in [4.78, 5) is 13.1. The van der Waals surface area contributed by atoms with Crippen LogP contribution in [0.25, 0.3) is 10.9 Å². The van der Waals surface area contributed by atoms with Crippen LogP contribution in [0.2, 0.25) is 0 Å². The van der Waals surface area contributed by atoms with Crippen molar-refractivity contribution in [2.45, 2.75) is 30.4 Å². The van der Waals surface area contributed by atoms with Crippen molar-refractivity contribution in [3.8, 4) is 12.3 Å². The number of terminal acetylenes is 1. The molecule has 0 radical (unpaired) electrons. The minimum absolute atomic E-state index is 0.0148. The zero-order valence-electron chi connectivity index (χ0n) is 11.7. The van der Waals surface area contributed by atoms with E-state index in [9.17, 15) is 4.79 Å². The van der Waals surface area contributed by atoms with Crippen LogP contribution in [-0.4, -0.2) is 9.31 Å². The van der Waals surface area contributed by atoms with Gasteiger partial charge in [-0.05, 0) is 12.1 Å². The predicted octanol–water partition coefficient (Wildman–Crippen LogP) is 3.41. The number of hydrogen-bond acceptors (Lipinski definition) is 2. The molecule has 0 aliphatic heterocycles. The third-order valence-electron chi connectivity index (χ3n) is 2.73. The molecule has 19 heavy (non-hydrogen) atoms. The molecular weight excluding hydrogens is 254 g/mol. The minimum atomic E-state index is 0.0148. The summed E-state index contributed by atoms with van der Waals surface area (Å²) in [5.74, 6) is 2.69. The molecule has 3 heteroatoms. The Morgan fingerprint density at radius 2 is 2.00 bits per heavy atom. The van der Waals surface area contributed by atoms with E-state index in [2.05, 4.69) is 26.7 Å². The van der Waals surface area contributed by atoms with Gasteiger partial charge in [-0.2, -0.15) is 0 Å². The second-order valence-electron chi connectivity index (χ2n) is 5.52. The Morgan fingerprint density at radius 3 is 2.58 bits per heavy atom. The Labute approximate surface area is 117 Å². The fourth-order valence-corrected chi connectivity index (χ4v) is 3.10. The Balaban J connectivity index is 2.78. The maximum Gasteiger partial charge on any atom is 0.189 e.